The lowest BCUT2D eigenvalue weighted by atomic mass is 10.0. The molecule has 2 heterocycles. The first-order chi connectivity index (χ1) is 14.9. The van der Waals surface area contributed by atoms with Crippen LogP contribution in [-0.2, 0) is 32.1 Å². The van der Waals surface area contributed by atoms with E-state index in [0.29, 0.717) is 44.8 Å². The number of aromatic nitrogens is 1. The Hall–Kier alpha value is -2.93. The molecular formula is C24H22F4N2O. The van der Waals surface area contributed by atoms with Crippen LogP contribution in [0.1, 0.15) is 27.9 Å². The first kappa shape index (κ1) is 21.3. The largest absolute Gasteiger partial charge is 0.492 e. The number of pyridine rings is 1. The van der Waals surface area contributed by atoms with Crippen molar-refractivity contribution < 1.29 is 22.3 Å². The summed E-state index contributed by atoms with van der Waals surface area (Å²) in [6.45, 7) is 2.17. The van der Waals surface area contributed by atoms with Crippen LogP contribution in [0.15, 0.2) is 60.8 Å². The third kappa shape index (κ3) is 5.41. The van der Waals surface area contributed by atoms with Gasteiger partial charge in [0.1, 0.15) is 18.2 Å². The quantitative estimate of drug-likeness (QED) is 0.506. The van der Waals surface area contributed by atoms with Gasteiger partial charge >= 0.3 is 6.18 Å². The van der Waals surface area contributed by atoms with Gasteiger partial charge in [-0.2, -0.15) is 13.2 Å². The molecule has 3 aromatic rings. The van der Waals surface area contributed by atoms with Crippen LogP contribution in [-0.4, -0.2) is 23.0 Å². The van der Waals surface area contributed by atoms with Crippen LogP contribution in [0.4, 0.5) is 17.6 Å². The van der Waals surface area contributed by atoms with E-state index in [4.69, 9.17) is 4.74 Å². The van der Waals surface area contributed by atoms with Gasteiger partial charge in [0.15, 0.2) is 0 Å². The van der Waals surface area contributed by atoms with Gasteiger partial charge in [0.05, 0.1) is 11.3 Å². The molecule has 0 spiro atoms. The standard InChI is InChI=1S/C24H22F4N2O/c25-21-2-1-11-29-22(21)16-30-12-13-31-23-10-7-18(14-19(23)15-30)4-3-17-5-8-20(9-6-17)24(26,27)28/h1-2,5-11,14H,3-4,12-13,15-16H2. The van der Waals surface area contributed by atoms with Crippen molar-refractivity contribution in [3.8, 4) is 5.75 Å². The number of halogens is 4. The predicted molar refractivity (Wildman–Crippen MR) is 109 cm³/mol. The summed E-state index contributed by atoms with van der Waals surface area (Å²) in [5.41, 5.74) is 2.71. The van der Waals surface area contributed by atoms with Crippen LogP contribution in [0.25, 0.3) is 0 Å². The number of fused-ring (bicyclic) bond motifs is 1. The van der Waals surface area contributed by atoms with Crippen molar-refractivity contribution in [1.82, 2.24) is 9.88 Å². The predicted octanol–water partition coefficient (Wildman–Crippen LogP) is 5.42. The van der Waals surface area contributed by atoms with Crippen LogP contribution in [0.3, 0.4) is 0 Å². The zero-order chi connectivity index (χ0) is 21.8. The summed E-state index contributed by atoms with van der Waals surface area (Å²) < 4.78 is 58.0. The van der Waals surface area contributed by atoms with Gasteiger partial charge < -0.3 is 4.74 Å². The number of ether oxygens (including phenoxy) is 1. The highest BCUT2D eigenvalue weighted by atomic mass is 19.4. The molecule has 162 valence electrons. The molecule has 7 heteroatoms. The number of alkyl halides is 3. The number of benzene rings is 2. The molecule has 0 fully saturated rings. The average Bonchev–Trinajstić information content (AvgIpc) is 2.95. The Labute approximate surface area is 178 Å². The van der Waals surface area contributed by atoms with E-state index in [9.17, 15) is 17.6 Å². The van der Waals surface area contributed by atoms with E-state index < -0.39 is 11.7 Å². The van der Waals surface area contributed by atoms with Crippen molar-refractivity contribution in [3.63, 3.8) is 0 Å². The van der Waals surface area contributed by atoms with E-state index in [2.05, 4.69) is 16.0 Å². The first-order valence-electron chi connectivity index (χ1n) is 10.1. The molecule has 0 amide bonds. The molecule has 1 aromatic heterocycles. The maximum Gasteiger partial charge on any atom is 0.416 e. The highest BCUT2D eigenvalue weighted by Gasteiger charge is 2.29. The van der Waals surface area contributed by atoms with Gasteiger partial charge in [-0.1, -0.05) is 24.3 Å². The molecule has 0 bridgehead atoms. The van der Waals surface area contributed by atoms with E-state index in [0.717, 1.165) is 34.6 Å². The molecule has 0 unspecified atom stereocenters. The van der Waals surface area contributed by atoms with Gasteiger partial charge in [0.2, 0.25) is 0 Å². The Bertz CT molecular complexity index is 1030. The minimum Gasteiger partial charge on any atom is -0.492 e. The molecule has 3 nitrogen and oxygen atoms in total. The van der Waals surface area contributed by atoms with Gasteiger partial charge in [0, 0.05) is 31.4 Å². The number of nitrogens with zero attached hydrogens (tertiary/aromatic N) is 2. The van der Waals surface area contributed by atoms with E-state index in [1.807, 2.05) is 12.1 Å². The van der Waals surface area contributed by atoms with Crippen LogP contribution in [0.2, 0.25) is 0 Å². The van der Waals surface area contributed by atoms with Crippen LogP contribution in [0.5, 0.6) is 5.75 Å². The fourth-order valence-corrected chi connectivity index (χ4v) is 3.69. The van der Waals surface area contributed by atoms with Gasteiger partial charge in [-0.05, 0) is 54.3 Å². The Morgan fingerprint density at radius 1 is 0.968 bits per heavy atom. The van der Waals surface area contributed by atoms with Crippen molar-refractivity contribution >= 4 is 0 Å². The van der Waals surface area contributed by atoms with Crippen LogP contribution in [0, 0.1) is 5.82 Å². The summed E-state index contributed by atoms with van der Waals surface area (Å²) in [6, 6.07) is 14.2. The normalized spacial score (nSPS) is 14.6. The first-order valence-corrected chi connectivity index (χ1v) is 10.1. The second kappa shape index (κ2) is 9.06. The Balaban J connectivity index is 1.43. The summed E-state index contributed by atoms with van der Waals surface area (Å²) in [4.78, 5) is 6.23. The Kier molecular flexibility index (Phi) is 6.23. The molecule has 1 aliphatic heterocycles. The zero-order valence-electron chi connectivity index (χ0n) is 16.8. The minimum atomic E-state index is -4.32. The minimum absolute atomic E-state index is 0.321. The molecule has 0 saturated carbocycles. The second-order valence-corrected chi connectivity index (χ2v) is 7.63. The molecule has 31 heavy (non-hydrogen) atoms. The lowest BCUT2D eigenvalue weighted by molar-refractivity contribution is -0.137. The molecule has 0 atom stereocenters. The lowest BCUT2D eigenvalue weighted by Gasteiger charge is -2.19. The average molecular weight is 430 g/mol. The van der Waals surface area contributed by atoms with Crippen molar-refractivity contribution in [3.05, 3.63) is 94.6 Å². The number of rotatable bonds is 5. The SMILES string of the molecule is Fc1cccnc1CN1CCOc2ccc(CCc3ccc(C(F)(F)F)cc3)cc2C1. The fraction of sp³-hybridized carbons (Fsp3) is 0.292. The second-order valence-electron chi connectivity index (χ2n) is 7.63. The van der Waals surface area contributed by atoms with Crippen LogP contribution < -0.4 is 4.74 Å². The molecule has 0 saturated heterocycles. The third-order valence-electron chi connectivity index (χ3n) is 5.38. The van der Waals surface area contributed by atoms with Crippen molar-refractivity contribution in [2.45, 2.75) is 32.1 Å². The molecule has 1 aliphatic rings. The number of hydrogen-bond donors (Lipinski definition) is 0. The third-order valence-corrected chi connectivity index (χ3v) is 5.38. The van der Waals surface area contributed by atoms with E-state index in [1.165, 1.54) is 18.2 Å². The van der Waals surface area contributed by atoms with Crippen molar-refractivity contribution in [2.24, 2.45) is 0 Å². The number of hydrogen-bond acceptors (Lipinski definition) is 3. The summed E-state index contributed by atoms with van der Waals surface area (Å²) >= 11 is 0. The lowest BCUT2D eigenvalue weighted by Crippen LogP contribution is -2.26. The summed E-state index contributed by atoms with van der Waals surface area (Å²) in [6.07, 6.45) is -1.40. The maximum atomic E-state index is 14.0. The smallest absolute Gasteiger partial charge is 0.416 e. The Morgan fingerprint density at radius 2 is 1.71 bits per heavy atom. The molecular weight excluding hydrogens is 408 g/mol. The summed E-state index contributed by atoms with van der Waals surface area (Å²) in [7, 11) is 0. The van der Waals surface area contributed by atoms with E-state index in [-0.39, 0.29) is 5.82 Å². The molecule has 4 rings (SSSR count). The zero-order valence-corrected chi connectivity index (χ0v) is 16.8. The van der Waals surface area contributed by atoms with E-state index >= 15 is 0 Å². The summed E-state index contributed by atoms with van der Waals surface area (Å²) in [5, 5.41) is 0. The van der Waals surface area contributed by atoms with Gasteiger partial charge in [-0.25, -0.2) is 4.39 Å². The molecule has 0 N–H and O–H groups in total. The number of aryl methyl sites for hydroxylation is 2. The van der Waals surface area contributed by atoms with Gasteiger partial charge in [-0.15, -0.1) is 0 Å². The monoisotopic (exact) mass is 430 g/mol. The molecule has 0 aliphatic carbocycles. The van der Waals surface area contributed by atoms with Crippen molar-refractivity contribution in [1.29, 1.82) is 0 Å². The highest BCUT2D eigenvalue weighted by molar-refractivity contribution is 5.38. The highest BCUT2D eigenvalue weighted by Crippen LogP contribution is 2.29. The topological polar surface area (TPSA) is 25.4 Å². The van der Waals surface area contributed by atoms with Gasteiger partial charge in [-0.3, -0.25) is 9.88 Å². The van der Waals surface area contributed by atoms with Crippen LogP contribution >= 0.6 is 0 Å². The van der Waals surface area contributed by atoms with E-state index in [1.54, 1.807) is 12.3 Å². The van der Waals surface area contributed by atoms with Crippen molar-refractivity contribution in [2.75, 3.05) is 13.2 Å². The fourth-order valence-electron chi connectivity index (χ4n) is 3.69. The Morgan fingerprint density at radius 3 is 2.45 bits per heavy atom. The molecule has 2 aromatic carbocycles. The summed E-state index contributed by atoms with van der Waals surface area (Å²) in [5.74, 6) is 0.487. The van der Waals surface area contributed by atoms with Gasteiger partial charge in [0.25, 0.3) is 0 Å². The molecule has 0 radical (unpaired) electrons. The maximum absolute atomic E-state index is 14.0.